The van der Waals surface area contributed by atoms with Crippen molar-refractivity contribution in [3.8, 4) is 0 Å². The van der Waals surface area contributed by atoms with Gasteiger partial charge in [0.2, 0.25) is 0 Å². The molecule has 0 aliphatic carbocycles. The molecule has 0 fully saturated rings. The normalized spacial score (nSPS) is 14.3. The molecule has 7 nitrogen and oxygen atoms in total. The summed E-state index contributed by atoms with van der Waals surface area (Å²) in [5, 5.41) is 29.5. The van der Waals surface area contributed by atoms with Crippen molar-refractivity contribution in [1.82, 2.24) is 0 Å². The van der Waals surface area contributed by atoms with Crippen LogP contribution in [0.1, 0.15) is 136 Å². The monoisotopic (exact) mass is 606 g/mol. The fourth-order valence-corrected chi connectivity index (χ4v) is 4.39. The number of carbonyl (C=O) groups is 2. The minimum atomic E-state index is -0.882. The molecule has 248 valence electrons. The van der Waals surface area contributed by atoms with E-state index in [0.29, 0.717) is 25.7 Å². The molecule has 0 unspecified atom stereocenters. The van der Waals surface area contributed by atoms with E-state index in [1.807, 2.05) is 6.08 Å². The van der Waals surface area contributed by atoms with Crippen LogP contribution in [-0.2, 0) is 19.1 Å². The first-order valence-electron chi connectivity index (χ1n) is 16.9. The first kappa shape index (κ1) is 40.8. The summed E-state index contributed by atoms with van der Waals surface area (Å²) in [7, 11) is 0. The molecule has 0 aromatic carbocycles. The zero-order chi connectivity index (χ0) is 31.8. The third-order valence-corrected chi connectivity index (χ3v) is 7.07. The highest BCUT2D eigenvalue weighted by Gasteiger charge is 2.16. The third-order valence-electron chi connectivity index (χ3n) is 7.07. The summed E-state index contributed by atoms with van der Waals surface area (Å²) >= 11 is 0. The molecular formula is C36H62O7. The second-order valence-corrected chi connectivity index (χ2v) is 11.3. The molecule has 0 aromatic heterocycles. The average molecular weight is 607 g/mol. The first-order chi connectivity index (χ1) is 20.9. The molecule has 0 aliphatic rings. The highest BCUT2D eigenvalue weighted by Crippen LogP contribution is 2.12. The van der Waals surface area contributed by atoms with Crippen LogP contribution in [0.2, 0.25) is 0 Å². The lowest BCUT2D eigenvalue weighted by atomic mass is 10.1. The summed E-state index contributed by atoms with van der Waals surface area (Å²) in [4.78, 5) is 24.1. The van der Waals surface area contributed by atoms with Crippen LogP contribution in [0.25, 0.3) is 0 Å². The zero-order valence-corrected chi connectivity index (χ0v) is 27.2. The maximum atomic E-state index is 12.1. The van der Waals surface area contributed by atoms with E-state index in [9.17, 15) is 24.9 Å². The van der Waals surface area contributed by atoms with Crippen LogP contribution in [0.5, 0.6) is 0 Å². The highest BCUT2D eigenvalue weighted by atomic mass is 16.6. The van der Waals surface area contributed by atoms with Crippen molar-refractivity contribution < 1.29 is 34.4 Å². The Bertz CT molecular complexity index is 772. The number of rotatable bonds is 29. The summed E-state index contributed by atoms with van der Waals surface area (Å²) in [5.74, 6) is -0.838. The summed E-state index contributed by atoms with van der Waals surface area (Å²) in [6.45, 7) is 3.83. The summed E-state index contributed by atoms with van der Waals surface area (Å²) in [6, 6.07) is 0. The van der Waals surface area contributed by atoms with E-state index in [2.05, 4.69) is 19.9 Å². The van der Waals surface area contributed by atoms with Gasteiger partial charge in [0.15, 0.2) is 6.10 Å². The predicted molar refractivity (Wildman–Crippen MR) is 176 cm³/mol. The smallest absolute Gasteiger partial charge is 0.306 e. The van der Waals surface area contributed by atoms with Crippen molar-refractivity contribution in [3.63, 3.8) is 0 Å². The quantitative estimate of drug-likeness (QED) is 0.0344. The molecule has 0 aromatic rings. The molecule has 0 aliphatic heterocycles. The van der Waals surface area contributed by atoms with Crippen LogP contribution in [0.15, 0.2) is 48.6 Å². The summed E-state index contributed by atoms with van der Waals surface area (Å²) < 4.78 is 10.4. The second kappa shape index (κ2) is 31.2. The van der Waals surface area contributed by atoms with E-state index in [1.165, 1.54) is 64.2 Å². The summed E-state index contributed by atoms with van der Waals surface area (Å²) in [6.07, 6.45) is 30.8. The SMILES string of the molecule is CCCCC/C=C\C[C@H](O)/C=C/C=C/C=C\[C@H](O)CCCC(=O)O[C@@H](CO)COC(=O)CCCCCCCCCCCC. The molecular weight excluding hydrogens is 544 g/mol. The Morgan fingerprint density at radius 2 is 1.21 bits per heavy atom. The third kappa shape index (κ3) is 29.6. The van der Waals surface area contributed by atoms with Gasteiger partial charge in [-0.1, -0.05) is 133 Å². The van der Waals surface area contributed by atoms with Gasteiger partial charge < -0.3 is 24.8 Å². The van der Waals surface area contributed by atoms with Crippen LogP contribution in [0.3, 0.4) is 0 Å². The van der Waals surface area contributed by atoms with Gasteiger partial charge in [0.1, 0.15) is 6.61 Å². The zero-order valence-electron chi connectivity index (χ0n) is 27.2. The van der Waals surface area contributed by atoms with Crippen molar-refractivity contribution in [2.24, 2.45) is 0 Å². The van der Waals surface area contributed by atoms with E-state index in [4.69, 9.17) is 9.47 Å². The molecule has 0 radical (unpaired) electrons. The van der Waals surface area contributed by atoms with Gasteiger partial charge in [-0.3, -0.25) is 9.59 Å². The van der Waals surface area contributed by atoms with Gasteiger partial charge >= 0.3 is 11.9 Å². The average Bonchev–Trinajstić information content (AvgIpc) is 2.99. The molecule has 0 amide bonds. The number of aliphatic hydroxyl groups is 3. The van der Waals surface area contributed by atoms with Gasteiger partial charge in [-0.2, -0.15) is 0 Å². The minimum absolute atomic E-state index is 0.0947. The molecule has 0 heterocycles. The number of aliphatic hydroxyl groups excluding tert-OH is 3. The van der Waals surface area contributed by atoms with Gasteiger partial charge in [-0.05, 0) is 38.5 Å². The Hall–Kier alpha value is -2.22. The van der Waals surface area contributed by atoms with Crippen LogP contribution in [0, 0.1) is 0 Å². The van der Waals surface area contributed by atoms with Crippen LogP contribution in [0.4, 0.5) is 0 Å². The van der Waals surface area contributed by atoms with Crippen LogP contribution < -0.4 is 0 Å². The van der Waals surface area contributed by atoms with Crippen LogP contribution in [-0.4, -0.2) is 58.8 Å². The second-order valence-electron chi connectivity index (χ2n) is 11.3. The lowest BCUT2D eigenvalue weighted by Gasteiger charge is -2.16. The Morgan fingerprint density at radius 3 is 1.84 bits per heavy atom. The molecule has 0 saturated carbocycles. The Kier molecular flexibility index (Phi) is 29.6. The maximum absolute atomic E-state index is 12.1. The van der Waals surface area contributed by atoms with Gasteiger partial charge in [-0.25, -0.2) is 0 Å². The van der Waals surface area contributed by atoms with Gasteiger partial charge in [0.05, 0.1) is 18.8 Å². The number of hydrogen-bond donors (Lipinski definition) is 3. The number of carbonyl (C=O) groups excluding carboxylic acids is 2. The number of ether oxygens (including phenoxy) is 2. The summed E-state index contributed by atoms with van der Waals surface area (Å²) in [5.41, 5.74) is 0. The van der Waals surface area contributed by atoms with E-state index in [0.717, 1.165) is 25.7 Å². The minimum Gasteiger partial charge on any atom is -0.462 e. The van der Waals surface area contributed by atoms with E-state index >= 15 is 0 Å². The molecule has 0 spiro atoms. The largest absolute Gasteiger partial charge is 0.462 e. The Labute approximate surface area is 262 Å². The Balaban J connectivity index is 3.94. The van der Waals surface area contributed by atoms with E-state index in [1.54, 1.807) is 36.5 Å². The van der Waals surface area contributed by atoms with Crippen molar-refractivity contribution in [3.05, 3.63) is 48.6 Å². The highest BCUT2D eigenvalue weighted by molar-refractivity contribution is 5.70. The van der Waals surface area contributed by atoms with Gasteiger partial charge in [0.25, 0.3) is 0 Å². The molecule has 7 heteroatoms. The number of unbranched alkanes of at least 4 members (excludes halogenated alkanes) is 12. The van der Waals surface area contributed by atoms with Crippen molar-refractivity contribution in [1.29, 1.82) is 0 Å². The molecule has 0 saturated heterocycles. The van der Waals surface area contributed by atoms with Crippen molar-refractivity contribution >= 4 is 11.9 Å². The molecule has 0 rings (SSSR count). The molecule has 0 bridgehead atoms. The van der Waals surface area contributed by atoms with Gasteiger partial charge in [-0.15, -0.1) is 0 Å². The number of esters is 2. The number of hydrogen-bond acceptors (Lipinski definition) is 7. The van der Waals surface area contributed by atoms with E-state index < -0.39 is 30.9 Å². The standard InChI is InChI=1S/C36H62O7/c1-3-5-7-9-11-12-13-14-16-22-28-35(40)42-31-34(30-37)43-36(41)29-23-27-33(39)26-21-18-17-20-25-32(38)24-19-15-10-8-6-4-2/h15,17-21,25-26,32-34,37-39H,3-14,16,22-24,27-31H2,1-2H3/b18-17+,19-15-,25-20+,26-21-/t32-,33-,34-/m0/s1. The maximum Gasteiger partial charge on any atom is 0.306 e. The molecule has 43 heavy (non-hydrogen) atoms. The van der Waals surface area contributed by atoms with Crippen molar-refractivity contribution in [2.45, 2.75) is 154 Å². The van der Waals surface area contributed by atoms with Gasteiger partial charge in [0, 0.05) is 12.8 Å². The first-order valence-corrected chi connectivity index (χ1v) is 16.9. The van der Waals surface area contributed by atoms with Crippen LogP contribution >= 0.6 is 0 Å². The fourth-order valence-electron chi connectivity index (χ4n) is 4.39. The van der Waals surface area contributed by atoms with Crippen molar-refractivity contribution in [2.75, 3.05) is 13.2 Å². The molecule has 3 atom stereocenters. The lowest BCUT2D eigenvalue weighted by Crippen LogP contribution is -2.28. The molecule has 3 N–H and O–H groups in total. The topological polar surface area (TPSA) is 113 Å². The number of allylic oxidation sites excluding steroid dienone is 5. The Morgan fingerprint density at radius 1 is 0.651 bits per heavy atom. The lowest BCUT2D eigenvalue weighted by molar-refractivity contribution is -0.161. The fraction of sp³-hybridized carbons (Fsp3) is 0.722. The predicted octanol–water partition coefficient (Wildman–Crippen LogP) is 7.83. The van der Waals surface area contributed by atoms with E-state index in [-0.39, 0.29) is 19.0 Å².